The van der Waals surface area contributed by atoms with Gasteiger partial charge in [0, 0.05) is 18.6 Å². The van der Waals surface area contributed by atoms with Gasteiger partial charge in [0.15, 0.2) is 0 Å². The average Bonchev–Trinajstić information content (AvgIpc) is 2.47. The minimum absolute atomic E-state index is 0.418. The zero-order valence-corrected chi connectivity index (χ0v) is 8.54. The number of nitrogens with two attached hydrogens (primary N) is 1. The van der Waals surface area contributed by atoms with Crippen LogP contribution in [0.25, 0.3) is 0 Å². The van der Waals surface area contributed by atoms with Crippen LogP contribution in [0.15, 0.2) is 0 Å². The van der Waals surface area contributed by atoms with Gasteiger partial charge in [0.25, 0.3) is 0 Å². The summed E-state index contributed by atoms with van der Waals surface area (Å²) in [6.07, 6.45) is 6.88. The molecule has 1 aliphatic carbocycles. The molecule has 1 saturated heterocycles. The second-order valence-corrected chi connectivity index (χ2v) is 4.54. The first-order valence-electron chi connectivity index (χ1n) is 5.70. The average molecular weight is 183 g/mol. The van der Waals surface area contributed by atoms with Crippen LogP contribution in [-0.2, 0) is 4.74 Å². The predicted molar refractivity (Wildman–Crippen MR) is 53.5 cm³/mol. The molecule has 0 aromatic heterocycles. The molecule has 2 N–H and O–H groups in total. The standard InChI is InChI=1S/C11H21NO/c1-2-10-9(6-7-13-10)11(12)8-4-3-5-8/h8-11H,2-7,12H2,1H3. The summed E-state index contributed by atoms with van der Waals surface area (Å²) in [7, 11) is 0. The Labute approximate surface area is 80.8 Å². The van der Waals surface area contributed by atoms with Crippen molar-refractivity contribution < 1.29 is 4.74 Å². The Morgan fingerprint density at radius 1 is 1.38 bits per heavy atom. The van der Waals surface area contributed by atoms with E-state index < -0.39 is 0 Å². The van der Waals surface area contributed by atoms with E-state index >= 15 is 0 Å². The van der Waals surface area contributed by atoms with Crippen LogP contribution in [0.5, 0.6) is 0 Å². The summed E-state index contributed by atoms with van der Waals surface area (Å²) in [5.41, 5.74) is 6.27. The Morgan fingerprint density at radius 3 is 2.69 bits per heavy atom. The van der Waals surface area contributed by atoms with E-state index in [1.807, 2.05) is 0 Å². The lowest BCUT2D eigenvalue weighted by Crippen LogP contribution is -2.43. The van der Waals surface area contributed by atoms with Crippen molar-refractivity contribution >= 4 is 0 Å². The zero-order valence-electron chi connectivity index (χ0n) is 8.54. The Bertz CT molecular complexity index is 167. The largest absolute Gasteiger partial charge is 0.378 e. The van der Waals surface area contributed by atoms with Gasteiger partial charge >= 0.3 is 0 Å². The highest BCUT2D eigenvalue weighted by molar-refractivity contribution is 4.90. The first-order valence-corrected chi connectivity index (χ1v) is 5.70. The molecule has 0 aromatic rings. The molecule has 2 aliphatic rings. The van der Waals surface area contributed by atoms with Gasteiger partial charge in [-0.1, -0.05) is 13.3 Å². The van der Waals surface area contributed by atoms with Crippen LogP contribution in [0.3, 0.4) is 0 Å². The monoisotopic (exact) mass is 183 g/mol. The van der Waals surface area contributed by atoms with E-state index in [0.29, 0.717) is 18.1 Å². The Kier molecular flexibility index (Phi) is 2.89. The van der Waals surface area contributed by atoms with E-state index in [-0.39, 0.29) is 0 Å². The highest BCUT2D eigenvalue weighted by atomic mass is 16.5. The Balaban J connectivity index is 1.90. The third-order valence-corrected chi connectivity index (χ3v) is 3.85. The maximum absolute atomic E-state index is 6.27. The number of hydrogen-bond acceptors (Lipinski definition) is 2. The fourth-order valence-corrected chi connectivity index (χ4v) is 2.70. The van der Waals surface area contributed by atoms with Crippen molar-refractivity contribution in [2.24, 2.45) is 17.6 Å². The van der Waals surface area contributed by atoms with E-state index in [9.17, 15) is 0 Å². The molecular weight excluding hydrogens is 162 g/mol. The quantitative estimate of drug-likeness (QED) is 0.725. The van der Waals surface area contributed by atoms with Gasteiger partial charge in [-0.15, -0.1) is 0 Å². The van der Waals surface area contributed by atoms with Crippen molar-refractivity contribution in [3.63, 3.8) is 0 Å². The molecule has 2 rings (SSSR count). The van der Waals surface area contributed by atoms with Gasteiger partial charge < -0.3 is 10.5 Å². The molecule has 0 amide bonds. The summed E-state index contributed by atoms with van der Waals surface area (Å²) in [5, 5.41) is 0. The third-order valence-electron chi connectivity index (χ3n) is 3.85. The maximum atomic E-state index is 6.27. The van der Waals surface area contributed by atoms with Crippen LogP contribution in [0, 0.1) is 11.8 Å². The molecule has 1 heterocycles. The summed E-state index contributed by atoms with van der Waals surface area (Å²) in [5.74, 6) is 1.45. The first-order chi connectivity index (χ1) is 6.33. The van der Waals surface area contributed by atoms with Gasteiger partial charge in [0.05, 0.1) is 6.10 Å². The van der Waals surface area contributed by atoms with Crippen molar-refractivity contribution in [1.82, 2.24) is 0 Å². The molecule has 13 heavy (non-hydrogen) atoms. The van der Waals surface area contributed by atoms with Crippen LogP contribution in [0.2, 0.25) is 0 Å². The highest BCUT2D eigenvalue weighted by Gasteiger charge is 2.37. The molecule has 0 bridgehead atoms. The van der Waals surface area contributed by atoms with Crippen LogP contribution < -0.4 is 5.73 Å². The lowest BCUT2D eigenvalue weighted by atomic mass is 9.73. The van der Waals surface area contributed by atoms with E-state index in [4.69, 9.17) is 10.5 Å². The van der Waals surface area contributed by atoms with E-state index in [1.54, 1.807) is 0 Å². The van der Waals surface area contributed by atoms with Gasteiger partial charge in [-0.05, 0) is 31.6 Å². The van der Waals surface area contributed by atoms with E-state index in [0.717, 1.165) is 18.9 Å². The molecule has 76 valence electrons. The summed E-state index contributed by atoms with van der Waals surface area (Å²) in [6, 6.07) is 0.418. The fourth-order valence-electron chi connectivity index (χ4n) is 2.70. The molecule has 1 saturated carbocycles. The maximum Gasteiger partial charge on any atom is 0.0616 e. The molecule has 0 aromatic carbocycles. The third kappa shape index (κ3) is 1.75. The summed E-state index contributed by atoms with van der Waals surface area (Å²) in [4.78, 5) is 0. The SMILES string of the molecule is CCC1OCCC1C(N)C1CCC1. The van der Waals surface area contributed by atoms with Gasteiger partial charge in [0.1, 0.15) is 0 Å². The summed E-state index contributed by atoms with van der Waals surface area (Å²) in [6.45, 7) is 3.14. The van der Waals surface area contributed by atoms with Crippen molar-refractivity contribution in [1.29, 1.82) is 0 Å². The normalized spacial score (nSPS) is 37.4. The minimum Gasteiger partial charge on any atom is -0.378 e. The topological polar surface area (TPSA) is 35.2 Å². The van der Waals surface area contributed by atoms with Gasteiger partial charge in [-0.3, -0.25) is 0 Å². The Hall–Kier alpha value is -0.0800. The first kappa shape index (κ1) is 9.47. The van der Waals surface area contributed by atoms with Crippen molar-refractivity contribution in [2.75, 3.05) is 6.61 Å². The zero-order chi connectivity index (χ0) is 9.26. The molecule has 2 fully saturated rings. The molecule has 2 heteroatoms. The number of hydrogen-bond donors (Lipinski definition) is 1. The number of ether oxygens (including phenoxy) is 1. The van der Waals surface area contributed by atoms with Gasteiger partial charge in [-0.25, -0.2) is 0 Å². The molecule has 1 aliphatic heterocycles. The summed E-state index contributed by atoms with van der Waals surface area (Å²) < 4.78 is 5.67. The van der Waals surface area contributed by atoms with Crippen molar-refractivity contribution in [2.45, 2.75) is 51.2 Å². The molecule has 0 spiro atoms. The van der Waals surface area contributed by atoms with E-state index in [1.165, 1.54) is 25.7 Å². The van der Waals surface area contributed by atoms with Crippen molar-refractivity contribution in [3.05, 3.63) is 0 Å². The van der Waals surface area contributed by atoms with Gasteiger partial charge in [-0.2, -0.15) is 0 Å². The lowest BCUT2D eigenvalue weighted by molar-refractivity contribution is 0.0677. The second-order valence-electron chi connectivity index (χ2n) is 4.54. The highest BCUT2D eigenvalue weighted by Crippen LogP contribution is 2.36. The number of rotatable bonds is 3. The van der Waals surface area contributed by atoms with E-state index in [2.05, 4.69) is 6.92 Å². The molecular formula is C11H21NO. The van der Waals surface area contributed by atoms with Crippen LogP contribution in [0.4, 0.5) is 0 Å². The smallest absolute Gasteiger partial charge is 0.0616 e. The van der Waals surface area contributed by atoms with Crippen LogP contribution in [0.1, 0.15) is 39.0 Å². The molecule has 3 unspecified atom stereocenters. The van der Waals surface area contributed by atoms with Crippen LogP contribution in [-0.4, -0.2) is 18.8 Å². The minimum atomic E-state index is 0.418. The lowest BCUT2D eigenvalue weighted by Gasteiger charge is -2.36. The van der Waals surface area contributed by atoms with Gasteiger partial charge in [0.2, 0.25) is 0 Å². The summed E-state index contributed by atoms with van der Waals surface area (Å²) >= 11 is 0. The van der Waals surface area contributed by atoms with Crippen molar-refractivity contribution in [3.8, 4) is 0 Å². The molecule has 3 atom stereocenters. The predicted octanol–water partition coefficient (Wildman–Crippen LogP) is 1.93. The van der Waals surface area contributed by atoms with Crippen LogP contribution >= 0.6 is 0 Å². The second kappa shape index (κ2) is 3.97. The fraction of sp³-hybridized carbons (Fsp3) is 1.00. The molecule has 0 radical (unpaired) electrons. The molecule has 2 nitrogen and oxygen atoms in total. The Morgan fingerprint density at radius 2 is 2.15 bits per heavy atom.